The van der Waals surface area contributed by atoms with Crippen LogP contribution in [0.2, 0.25) is 0 Å². The van der Waals surface area contributed by atoms with Crippen LogP contribution in [0.1, 0.15) is 84.0 Å². The number of nitrogens with one attached hydrogen (secondary N) is 1. The summed E-state index contributed by atoms with van der Waals surface area (Å²) in [7, 11) is 1.70. The van der Waals surface area contributed by atoms with Gasteiger partial charge in [-0.05, 0) is 51.4 Å². The van der Waals surface area contributed by atoms with Crippen LogP contribution in [0.5, 0.6) is 0 Å². The molecule has 0 radical (unpaired) electrons. The number of phosphoric acid groups is 1. The number of hydrogen-bond donors (Lipinski definition) is 2. The van der Waals surface area contributed by atoms with Gasteiger partial charge in [0.25, 0.3) is 0 Å². The summed E-state index contributed by atoms with van der Waals surface area (Å²) in [5.74, 6) is -0.531. The van der Waals surface area contributed by atoms with Crippen LogP contribution in [0, 0.1) is 0 Å². The van der Waals surface area contributed by atoms with Crippen LogP contribution in [-0.4, -0.2) is 75.3 Å². The molecule has 0 saturated heterocycles. The standard InChI is InChI=1S/C31H55N2O7P/c1-5-6-7-8-9-10-11-12-13-14-15-16-17-18-19-20-21-23-30(34)32-25-28-38-31(35)24-22-27-39-41(36,37)40-29-26-33(2,3)4/h9-10,12-13,15-16,18-19H,5-8,11,14,17,20-29H2,1-4H3,(H-,32,34,36,37)/p+1/b10-9-,13-12-,16-15-,19-18-. The summed E-state index contributed by atoms with van der Waals surface area (Å²) in [6.07, 6.45) is 27.6. The van der Waals surface area contributed by atoms with Crippen LogP contribution in [0.15, 0.2) is 48.6 Å². The molecule has 0 rings (SSSR count). The third-order valence-corrected chi connectivity index (χ3v) is 6.73. The number of ether oxygens (including phenoxy) is 1. The molecule has 0 aliphatic heterocycles. The Balaban J connectivity index is 3.66. The lowest BCUT2D eigenvalue weighted by molar-refractivity contribution is -0.870. The minimum Gasteiger partial charge on any atom is -0.464 e. The third-order valence-electron chi connectivity index (χ3n) is 5.72. The second kappa shape index (κ2) is 25.7. The van der Waals surface area contributed by atoms with Crippen LogP contribution in [-0.2, 0) is 27.9 Å². The summed E-state index contributed by atoms with van der Waals surface area (Å²) in [5.41, 5.74) is 0. The SMILES string of the molecule is CCCCC/C=C\C/C=C\C/C=C\C/C=C\CCCC(=O)NCCOC(=O)CCCOP(=O)(O)OCC[N+](C)(C)C. The van der Waals surface area contributed by atoms with Gasteiger partial charge in [-0.2, -0.15) is 0 Å². The number of amides is 1. The van der Waals surface area contributed by atoms with Crippen molar-refractivity contribution in [2.24, 2.45) is 0 Å². The highest BCUT2D eigenvalue weighted by atomic mass is 31.2. The normalized spacial score (nSPS) is 14.0. The largest absolute Gasteiger partial charge is 0.472 e. The van der Waals surface area contributed by atoms with E-state index in [4.69, 9.17) is 13.8 Å². The van der Waals surface area contributed by atoms with Crippen molar-refractivity contribution in [1.29, 1.82) is 0 Å². The van der Waals surface area contributed by atoms with E-state index in [1.807, 2.05) is 21.1 Å². The molecule has 9 nitrogen and oxygen atoms in total. The maximum Gasteiger partial charge on any atom is 0.472 e. The predicted molar refractivity (Wildman–Crippen MR) is 166 cm³/mol. The number of nitrogens with zero attached hydrogens (tertiary/aromatic N) is 1. The molecular formula is C31H56N2O7P+. The van der Waals surface area contributed by atoms with E-state index in [0.29, 0.717) is 17.4 Å². The summed E-state index contributed by atoms with van der Waals surface area (Å²) in [6.45, 7) is 3.11. The van der Waals surface area contributed by atoms with Crippen LogP contribution in [0.25, 0.3) is 0 Å². The molecule has 0 bridgehead atoms. The molecule has 41 heavy (non-hydrogen) atoms. The van der Waals surface area contributed by atoms with Gasteiger partial charge in [0.15, 0.2) is 0 Å². The fraction of sp³-hybridized carbons (Fsp3) is 0.677. The van der Waals surface area contributed by atoms with Gasteiger partial charge in [-0.25, -0.2) is 4.57 Å². The molecule has 1 atom stereocenters. The first-order valence-corrected chi connectivity index (χ1v) is 16.5. The highest BCUT2D eigenvalue weighted by Gasteiger charge is 2.22. The third kappa shape index (κ3) is 30.8. The molecule has 0 heterocycles. The van der Waals surface area contributed by atoms with Gasteiger partial charge in [-0.3, -0.25) is 18.6 Å². The number of esters is 1. The number of unbranched alkanes of at least 4 members (excludes halogenated alkanes) is 4. The zero-order chi connectivity index (χ0) is 30.7. The maximum atomic E-state index is 11.9. The molecule has 2 N–H and O–H groups in total. The predicted octanol–water partition coefficient (Wildman–Crippen LogP) is 6.41. The Kier molecular flexibility index (Phi) is 24.4. The van der Waals surface area contributed by atoms with Gasteiger partial charge in [0, 0.05) is 12.8 Å². The minimum atomic E-state index is -4.13. The van der Waals surface area contributed by atoms with Crippen molar-refractivity contribution < 1.29 is 37.3 Å². The molecule has 0 spiro atoms. The Morgan fingerprint density at radius 3 is 1.90 bits per heavy atom. The lowest BCUT2D eigenvalue weighted by Crippen LogP contribution is -2.37. The Morgan fingerprint density at radius 2 is 1.32 bits per heavy atom. The summed E-state index contributed by atoms with van der Waals surface area (Å²) in [6, 6.07) is 0. The average Bonchev–Trinajstić information content (AvgIpc) is 2.90. The van der Waals surface area contributed by atoms with Crippen molar-refractivity contribution in [1.82, 2.24) is 5.32 Å². The zero-order valence-corrected chi connectivity index (χ0v) is 26.8. The molecule has 0 aromatic rings. The van der Waals surface area contributed by atoms with E-state index >= 15 is 0 Å². The molecule has 1 amide bonds. The summed E-state index contributed by atoms with van der Waals surface area (Å²) in [4.78, 5) is 33.3. The van der Waals surface area contributed by atoms with Gasteiger partial charge in [-0.15, -0.1) is 0 Å². The molecule has 0 saturated carbocycles. The zero-order valence-electron chi connectivity index (χ0n) is 25.9. The summed E-state index contributed by atoms with van der Waals surface area (Å²) < 4.78 is 27.2. The monoisotopic (exact) mass is 599 g/mol. The fourth-order valence-corrected chi connectivity index (χ4v) is 4.07. The number of quaternary nitrogens is 1. The number of carbonyl (C=O) groups is 2. The first-order chi connectivity index (χ1) is 19.6. The van der Waals surface area contributed by atoms with Gasteiger partial charge in [0.1, 0.15) is 19.8 Å². The fourth-order valence-electron chi connectivity index (χ4n) is 3.32. The highest BCUT2D eigenvalue weighted by molar-refractivity contribution is 7.47. The number of carbonyl (C=O) groups excluding carboxylic acids is 2. The van der Waals surface area contributed by atoms with E-state index in [0.717, 1.165) is 32.1 Å². The van der Waals surface area contributed by atoms with E-state index in [-0.39, 0.29) is 45.1 Å². The van der Waals surface area contributed by atoms with Crippen molar-refractivity contribution in [2.75, 3.05) is 54.1 Å². The summed E-state index contributed by atoms with van der Waals surface area (Å²) >= 11 is 0. The van der Waals surface area contributed by atoms with E-state index < -0.39 is 13.8 Å². The number of rotatable bonds is 26. The Bertz CT molecular complexity index is 848. The number of hydrogen-bond acceptors (Lipinski definition) is 6. The van der Waals surface area contributed by atoms with Crippen LogP contribution >= 0.6 is 7.82 Å². The molecular weight excluding hydrogens is 543 g/mol. The second-order valence-electron chi connectivity index (χ2n) is 10.8. The molecule has 236 valence electrons. The lowest BCUT2D eigenvalue weighted by Gasteiger charge is -2.24. The molecule has 0 fully saturated rings. The van der Waals surface area contributed by atoms with Crippen LogP contribution in [0.4, 0.5) is 0 Å². The number of likely N-dealkylation sites (N-methyl/N-ethyl adjacent to an activating group) is 1. The van der Waals surface area contributed by atoms with E-state index in [1.165, 1.54) is 25.7 Å². The van der Waals surface area contributed by atoms with E-state index in [9.17, 15) is 19.0 Å². The minimum absolute atomic E-state index is 0.0436. The second-order valence-corrected chi connectivity index (χ2v) is 12.3. The van der Waals surface area contributed by atoms with Crippen molar-refractivity contribution in [3.63, 3.8) is 0 Å². The molecule has 0 aromatic heterocycles. The quantitative estimate of drug-likeness (QED) is 0.0389. The first-order valence-electron chi connectivity index (χ1n) is 15.0. The molecule has 1 unspecified atom stereocenters. The number of phosphoric ester groups is 1. The Morgan fingerprint density at radius 1 is 0.756 bits per heavy atom. The highest BCUT2D eigenvalue weighted by Crippen LogP contribution is 2.43. The van der Waals surface area contributed by atoms with Gasteiger partial charge >= 0.3 is 13.8 Å². The van der Waals surface area contributed by atoms with Gasteiger partial charge < -0.3 is 19.4 Å². The van der Waals surface area contributed by atoms with Gasteiger partial charge in [0.05, 0.1) is 34.3 Å². The van der Waals surface area contributed by atoms with Crippen molar-refractivity contribution in [2.45, 2.75) is 84.0 Å². The van der Waals surface area contributed by atoms with E-state index in [2.05, 4.69) is 60.8 Å². The molecule has 10 heteroatoms. The van der Waals surface area contributed by atoms with Crippen molar-refractivity contribution in [3.05, 3.63) is 48.6 Å². The van der Waals surface area contributed by atoms with Crippen molar-refractivity contribution >= 4 is 19.7 Å². The molecule has 0 aliphatic rings. The number of allylic oxidation sites excluding steroid dienone is 8. The van der Waals surface area contributed by atoms with Gasteiger partial charge in [0.2, 0.25) is 5.91 Å². The van der Waals surface area contributed by atoms with Gasteiger partial charge in [-0.1, -0.05) is 68.4 Å². The van der Waals surface area contributed by atoms with Crippen LogP contribution < -0.4 is 5.32 Å². The lowest BCUT2D eigenvalue weighted by atomic mass is 10.2. The van der Waals surface area contributed by atoms with Crippen LogP contribution in [0.3, 0.4) is 0 Å². The Labute approximate surface area is 248 Å². The van der Waals surface area contributed by atoms with E-state index in [1.54, 1.807) is 0 Å². The summed E-state index contributed by atoms with van der Waals surface area (Å²) in [5, 5.41) is 2.74. The maximum absolute atomic E-state index is 11.9. The Hall–Kier alpha value is -2.03. The molecule has 0 aliphatic carbocycles. The van der Waals surface area contributed by atoms with Crippen molar-refractivity contribution in [3.8, 4) is 0 Å². The topological polar surface area (TPSA) is 111 Å². The average molecular weight is 600 g/mol. The smallest absolute Gasteiger partial charge is 0.464 e. The molecule has 0 aromatic carbocycles. The first kappa shape index (κ1) is 39.0.